The molecule has 3 aromatic rings. The molecule has 0 spiro atoms. The number of carbonyl (C=O) groups is 2. The molecule has 4 nitrogen and oxygen atoms in total. The normalized spacial score (nSPS) is 15.1. The second kappa shape index (κ2) is 8.31. The molecule has 1 aliphatic rings. The van der Waals surface area contributed by atoms with Crippen molar-refractivity contribution in [2.24, 2.45) is 0 Å². The first-order chi connectivity index (χ1) is 14.1. The molecule has 1 heterocycles. The molecular formula is C25H24N2O2. The highest BCUT2D eigenvalue weighted by atomic mass is 16.2. The lowest BCUT2D eigenvalue weighted by Gasteiger charge is -2.23. The molecule has 146 valence electrons. The number of benzene rings is 3. The number of nitrogens with one attached hydrogen (secondary N) is 1. The first-order valence-corrected chi connectivity index (χ1v) is 9.93. The van der Waals surface area contributed by atoms with Crippen LogP contribution in [0.25, 0.3) is 0 Å². The summed E-state index contributed by atoms with van der Waals surface area (Å²) in [5, 5.41) is 2.98. The predicted molar refractivity (Wildman–Crippen MR) is 115 cm³/mol. The number of fused-ring (bicyclic) bond motifs is 1. The summed E-state index contributed by atoms with van der Waals surface area (Å²) in [7, 11) is 0. The Labute approximate surface area is 171 Å². The molecule has 29 heavy (non-hydrogen) atoms. The fourth-order valence-electron chi connectivity index (χ4n) is 3.84. The minimum absolute atomic E-state index is 0.0118. The van der Waals surface area contributed by atoms with E-state index in [1.807, 2.05) is 77.7 Å². The van der Waals surface area contributed by atoms with E-state index in [2.05, 4.69) is 18.3 Å². The Morgan fingerprint density at radius 3 is 2.34 bits per heavy atom. The van der Waals surface area contributed by atoms with Crippen LogP contribution in [-0.4, -0.2) is 17.9 Å². The molecule has 0 saturated carbocycles. The van der Waals surface area contributed by atoms with Gasteiger partial charge in [0.25, 0.3) is 5.91 Å². The van der Waals surface area contributed by atoms with Gasteiger partial charge in [-0.3, -0.25) is 9.59 Å². The van der Waals surface area contributed by atoms with Crippen molar-refractivity contribution in [3.05, 3.63) is 101 Å². The van der Waals surface area contributed by atoms with Crippen molar-refractivity contribution in [1.29, 1.82) is 0 Å². The minimum atomic E-state index is -0.0118. The van der Waals surface area contributed by atoms with Crippen LogP contribution in [0.3, 0.4) is 0 Å². The van der Waals surface area contributed by atoms with Gasteiger partial charge < -0.3 is 10.2 Å². The maximum absolute atomic E-state index is 13.1. The molecule has 1 N–H and O–H groups in total. The zero-order valence-electron chi connectivity index (χ0n) is 16.5. The number of carbonyl (C=O) groups excluding carboxylic acids is 2. The maximum Gasteiger partial charge on any atom is 0.258 e. The van der Waals surface area contributed by atoms with Crippen molar-refractivity contribution >= 4 is 17.5 Å². The quantitative estimate of drug-likeness (QED) is 0.719. The van der Waals surface area contributed by atoms with Crippen LogP contribution in [0.1, 0.15) is 34.0 Å². The van der Waals surface area contributed by atoms with Crippen molar-refractivity contribution in [3.8, 4) is 0 Å². The van der Waals surface area contributed by atoms with Crippen molar-refractivity contribution in [2.75, 3.05) is 4.90 Å². The zero-order chi connectivity index (χ0) is 20.2. The molecule has 0 aliphatic carbocycles. The molecule has 4 rings (SSSR count). The van der Waals surface area contributed by atoms with E-state index in [1.165, 1.54) is 5.56 Å². The highest BCUT2D eigenvalue weighted by Crippen LogP contribution is 2.34. The lowest BCUT2D eigenvalue weighted by atomic mass is 10.1. The van der Waals surface area contributed by atoms with E-state index in [-0.39, 0.29) is 17.9 Å². The van der Waals surface area contributed by atoms with Gasteiger partial charge in [-0.25, -0.2) is 0 Å². The molecule has 0 fully saturated rings. The first kappa shape index (κ1) is 18.9. The number of amides is 2. The van der Waals surface area contributed by atoms with Gasteiger partial charge in [-0.05, 0) is 48.2 Å². The SMILES string of the molecule is C[C@H]1Cc2ccc(CNC(=O)Cc3ccccc3)cc2N1C(=O)c1ccccc1. The Morgan fingerprint density at radius 2 is 1.62 bits per heavy atom. The number of anilines is 1. The van der Waals surface area contributed by atoms with Gasteiger partial charge in [-0.2, -0.15) is 0 Å². The minimum Gasteiger partial charge on any atom is -0.352 e. The summed E-state index contributed by atoms with van der Waals surface area (Å²) >= 11 is 0. The largest absolute Gasteiger partial charge is 0.352 e. The van der Waals surface area contributed by atoms with Crippen LogP contribution in [0, 0.1) is 0 Å². The Bertz CT molecular complexity index is 1020. The van der Waals surface area contributed by atoms with Crippen molar-refractivity contribution in [1.82, 2.24) is 5.32 Å². The zero-order valence-corrected chi connectivity index (χ0v) is 16.5. The monoisotopic (exact) mass is 384 g/mol. The topological polar surface area (TPSA) is 49.4 Å². The van der Waals surface area contributed by atoms with Crippen LogP contribution in [0.4, 0.5) is 5.69 Å². The Morgan fingerprint density at radius 1 is 0.931 bits per heavy atom. The van der Waals surface area contributed by atoms with Gasteiger partial charge >= 0.3 is 0 Å². The van der Waals surface area contributed by atoms with E-state index in [1.54, 1.807) is 0 Å². The van der Waals surface area contributed by atoms with E-state index < -0.39 is 0 Å². The summed E-state index contributed by atoms with van der Waals surface area (Å²) in [5.74, 6) is 0.00407. The van der Waals surface area contributed by atoms with Crippen molar-refractivity contribution in [3.63, 3.8) is 0 Å². The van der Waals surface area contributed by atoms with Gasteiger partial charge in [0, 0.05) is 23.8 Å². The third kappa shape index (κ3) is 4.21. The fraction of sp³-hybridized carbons (Fsp3) is 0.200. The standard InChI is InChI=1S/C25H24N2O2/c1-18-14-22-13-12-20(17-26-24(28)16-19-8-4-2-5-9-19)15-23(22)27(18)25(29)21-10-6-3-7-11-21/h2-13,15,18H,14,16-17H2,1H3,(H,26,28)/t18-/m0/s1. The van der Waals surface area contributed by atoms with Crippen LogP contribution >= 0.6 is 0 Å². The first-order valence-electron chi connectivity index (χ1n) is 9.93. The molecule has 4 heteroatoms. The Balaban J connectivity index is 1.47. The fourth-order valence-corrected chi connectivity index (χ4v) is 3.84. The van der Waals surface area contributed by atoms with Crippen LogP contribution in [0.2, 0.25) is 0 Å². The molecule has 0 bridgehead atoms. The summed E-state index contributed by atoms with van der Waals surface area (Å²) < 4.78 is 0. The third-order valence-corrected chi connectivity index (χ3v) is 5.30. The van der Waals surface area contributed by atoms with Crippen molar-refractivity contribution < 1.29 is 9.59 Å². The molecule has 1 atom stereocenters. The third-order valence-electron chi connectivity index (χ3n) is 5.30. The summed E-state index contributed by atoms with van der Waals surface area (Å²) in [5.41, 5.74) is 4.79. The number of rotatable bonds is 5. The summed E-state index contributed by atoms with van der Waals surface area (Å²) in [6.07, 6.45) is 1.20. The van der Waals surface area contributed by atoms with E-state index in [4.69, 9.17) is 0 Å². The number of hydrogen-bond donors (Lipinski definition) is 1. The molecule has 1 aliphatic heterocycles. The lowest BCUT2D eigenvalue weighted by molar-refractivity contribution is -0.120. The Kier molecular flexibility index (Phi) is 5.43. The van der Waals surface area contributed by atoms with Crippen molar-refractivity contribution in [2.45, 2.75) is 32.4 Å². The average molecular weight is 384 g/mol. The maximum atomic E-state index is 13.1. The van der Waals surface area contributed by atoms with E-state index in [0.717, 1.165) is 23.2 Å². The van der Waals surface area contributed by atoms with E-state index >= 15 is 0 Å². The van der Waals surface area contributed by atoms with Crippen LogP contribution in [0.5, 0.6) is 0 Å². The second-order valence-corrected chi connectivity index (χ2v) is 7.50. The van der Waals surface area contributed by atoms with Gasteiger partial charge in [-0.15, -0.1) is 0 Å². The van der Waals surface area contributed by atoms with Gasteiger partial charge in [0.05, 0.1) is 6.42 Å². The molecule has 0 aromatic heterocycles. The molecule has 0 saturated heterocycles. The molecular weight excluding hydrogens is 360 g/mol. The van der Waals surface area contributed by atoms with E-state index in [0.29, 0.717) is 18.5 Å². The van der Waals surface area contributed by atoms with Gasteiger partial charge in [0.1, 0.15) is 0 Å². The van der Waals surface area contributed by atoms with Crippen LogP contribution in [-0.2, 0) is 24.2 Å². The smallest absolute Gasteiger partial charge is 0.258 e. The van der Waals surface area contributed by atoms with Gasteiger partial charge in [0.2, 0.25) is 5.91 Å². The van der Waals surface area contributed by atoms with Gasteiger partial charge in [0.15, 0.2) is 0 Å². The highest BCUT2D eigenvalue weighted by Gasteiger charge is 2.31. The second-order valence-electron chi connectivity index (χ2n) is 7.50. The molecule has 3 aromatic carbocycles. The molecule has 0 unspecified atom stereocenters. The number of nitrogens with zero attached hydrogens (tertiary/aromatic N) is 1. The van der Waals surface area contributed by atoms with Gasteiger partial charge in [-0.1, -0.05) is 60.7 Å². The average Bonchev–Trinajstić information content (AvgIpc) is 3.08. The van der Waals surface area contributed by atoms with Crippen LogP contribution in [0.15, 0.2) is 78.9 Å². The number of hydrogen-bond acceptors (Lipinski definition) is 2. The molecule has 0 radical (unpaired) electrons. The summed E-state index contributed by atoms with van der Waals surface area (Å²) in [4.78, 5) is 27.2. The van der Waals surface area contributed by atoms with E-state index in [9.17, 15) is 9.59 Å². The predicted octanol–water partition coefficient (Wildman–Crippen LogP) is 4.14. The summed E-state index contributed by atoms with van der Waals surface area (Å²) in [6, 6.07) is 25.3. The lowest BCUT2D eigenvalue weighted by Crippen LogP contribution is -2.35. The summed E-state index contributed by atoms with van der Waals surface area (Å²) in [6.45, 7) is 2.52. The Hall–Kier alpha value is -3.40. The highest BCUT2D eigenvalue weighted by molar-refractivity contribution is 6.07. The molecule has 2 amide bonds. The van der Waals surface area contributed by atoms with Crippen LogP contribution < -0.4 is 10.2 Å².